The molecule has 0 bridgehead atoms. The van der Waals surface area contributed by atoms with Gasteiger partial charge in [0.15, 0.2) is 0 Å². The Morgan fingerprint density at radius 2 is 1.89 bits per heavy atom. The zero-order chi connectivity index (χ0) is 13.6. The molecule has 0 aromatic rings. The fourth-order valence-corrected chi connectivity index (χ4v) is 3.38. The summed E-state index contributed by atoms with van der Waals surface area (Å²) in [6.45, 7) is 9.33. The molecule has 2 saturated heterocycles. The SMILES string of the molecule is CNC1COCC1C(=O)C1CC(C)(C)OC1(C)C. The Morgan fingerprint density at radius 1 is 1.22 bits per heavy atom. The topological polar surface area (TPSA) is 47.6 Å². The van der Waals surface area contributed by atoms with Crippen molar-refractivity contribution in [2.45, 2.75) is 51.4 Å². The molecule has 4 nitrogen and oxygen atoms in total. The Balaban J connectivity index is 2.14. The maximum atomic E-state index is 12.7. The molecule has 2 heterocycles. The van der Waals surface area contributed by atoms with Crippen molar-refractivity contribution >= 4 is 5.78 Å². The second kappa shape index (κ2) is 4.58. The average Bonchev–Trinajstić information content (AvgIpc) is 2.78. The van der Waals surface area contributed by atoms with Crippen molar-refractivity contribution in [2.75, 3.05) is 20.3 Å². The standard InChI is InChI=1S/C14H25NO3/c1-13(2)6-10(14(3,4)18-13)12(16)9-7-17-8-11(9)15-5/h9-11,15H,6-8H2,1-5H3. The minimum absolute atomic E-state index is 0.0308. The van der Waals surface area contributed by atoms with Gasteiger partial charge in [0, 0.05) is 12.0 Å². The fourth-order valence-electron chi connectivity index (χ4n) is 3.38. The first-order chi connectivity index (χ1) is 8.27. The van der Waals surface area contributed by atoms with E-state index in [1.807, 2.05) is 20.9 Å². The number of nitrogens with one attached hydrogen (secondary N) is 1. The van der Waals surface area contributed by atoms with E-state index in [-0.39, 0.29) is 29.1 Å². The van der Waals surface area contributed by atoms with E-state index in [4.69, 9.17) is 9.47 Å². The average molecular weight is 255 g/mol. The lowest BCUT2D eigenvalue weighted by molar-refractivity contribution is -0.133. The normalized spacial score (nSPS) is 37.9. The van der Waals surface area contributed by atoms with Crippen molar-refractivity contribution in [3.63, 3.8) is 0 Å². The maximum absolute atomic E-state index is 12.7. The molecule has 0 amide bonds. The minimum atomic E-state index is -0.374. The van der Waals surface area contributed by atoms with Crippen LogP contribution in [-0.2, 0) is 14.3 Å². The maximum Gasteiger partial charge on any atom is 0.145 e. The van der Waals surface area contributed by atoms with Crippen LogP contribution in [0.3, 0.4) is 0 Å². The van der Waals surface area contributed by atoms with Crippen molar-refractivity contribution in [2.24, 2.45) is 11.8 Å². The van der Waals surface area contributed by atoms with Crippen LogP contribution >= 0.6 is 0 Å². The van der Waals surface area contributed by atoms with Crippen LogP contribution in [0.2, 0.25) is 0 Å². The van der Waals surface area contributed by atoms with E-state index in [0.29, 0.717) is 19.0 Å². The van der Waals surface area contributed by atoms with Crippen LogP contribution in [0.1, 0.15) is 34.1 Å². The van der Waals surface area contributed by atoms with E-state index in [2.05, 4.69) is 19.2 Å². The van der Waals surface area contributed by atoms with Gasteiger partial charge in [0.25, 0.3) is 0 Å². The van der Waals surface area contributed by atoms with Gasteiger partial charge in [-0.05, 0) is 41.2 Å². The zero-order valence-electron chi connectivity index (χ0n) is 12.1. The molecular weight excluding hydrogens is 230 g/mol. The van der Waals surface area contributed by atoms with Crippen molar-refractivity contribution in [1.82, 2.24) is 5.32 Å². The summed E-state index contributed by atoms with van der Waals surface area (Å²) in [6.07, 6.45) is 0.797. The molecule has 3 atom stereocenters. The summed E-state index contributed by atoms with van der Waals surface area (Å²) in [6, 6.07) is 0.150. The van der Waals surface area contributed by atoms with E-state index in [0.717, 1.165) is 6.42 Å². The van der Waals surface area contributed by atoms with Crippen LogP contribution in [0, 0.1) is 11.8 Å². The van der Waals surface area contributed by atoms with Crippen molar-refractivity contribution in [3.05, 3.63) is 0 Å². The first kappa shape index (κ1) is 14.0. The van der Waals surface area contributed by atoms with E-state index < -0.39 is 0 Å². The van der Waals surface area contributed by atoms with Gasteiger partial charge < -0.3 is 14.8 Å². The highest BCUT2D eigenvalue weighted by Crippen LogP contribution is 2.43. The Labute approximate surface area is 109 Å². The molecule has 1 N–H and O–H groups in total. The quantitative estimate of drug-likeness (QED) is 0.828. The lowest BCUT2D eigenvalue weighted by atomic mass is 9.78. The van der Waals surface area contributed by atoms with Crippen LogP contribution in [0.15, 0.2) is 0 Å². The first-order valence-electron chi connectivity index (χ1n) is 6.76. The van der Waals surface area contributed by atoms with Crippen LogP contribution in [0.25, 0.3) is 0 Å². The Morgan fingerprint density at radius 3 is 2.39 bits per heavy atom. The van der Waals surface area contributed by atoms with Gasteiger partial charge in [-0.15, -0.1) is 0 Å². The molecule has 0 saturated carbocycles. The Kier molecular flexibility index (Phi) is 3.56. The number of ketones is 1. The van der Waals surface area contributed by atoms with Crippen molar-refractivity contribution < 1.29 is 14.3 Å². The molecule has 0 spiro atoms. The molecular formula is C14H25NO3. The summed E-state index contributed by atoms with van der Waals surface area (Å²) >= 11 is 0. The number of carbonyl (C=O) groups excluding carboxylic acids is 1. The highest BCUT2D eigenvalue weighted by atomic mass is 16.5. The first-order valence-corrected chi connectivity index (χ1v) is 6.76. The molecule has 4 heteroatoms. The van der Waals surface area contributed by atoms with Crippen LogP contribution < -0.4 is 5.32 Å². The van der Waals surface area contributed by atoms with E-state index in [9.17, 15) is 4.79 Å². The molecule has 0 aliphatic carbocycles. The summed E-state index contributed by atoms with van der Waals surface area (Å²) in [5.74, 6) is 0.231. The number of rotatable bonds is 3. The second-order valence-corrected chi connectivity index (χ2v) is 6.66. The second-order valence-electron chi connectivity index (χ2n) is 6.66. The lowest BCUT2D eigenvalue weighted by Gasteiger charge is -2.28. The van der Waals surface area contributed by atoms with E-state index in [1.165, 1.54) is 0 Å². The van der Waals surface area contributed by atoms with Gasteiger partial charge in [-0.3, -0.25) is 4.79 Å². The number of hydrogen-bond donors (Lipinski definition) is 1. The predicted molar refractivity (Wildman–Crippen MR) is 69.5 cm³/mol. The minimum Gasteiger partial charge on any atom is -0.379 e. The lowest BCUT2D eigenvalue weighted by Crippen LogP contribution is -2.43. The number of Topliss-reactive ketones (excluding diaryl/α,β-unsaturated/α-hetero) is 1. The molecule has 2 fully saturated rings. The molecule has 0 aromatic heterocycles. The van der Waals surface area contributed by atoms with E-state index in [1.54, 1.807) is 0 Å². The van der Waals surface area contributed by atoms with Gasteiger partial charge in [0.05, 0.1) is 30.3 Å². The zero-order valence-corrected chi connectivity index (χ0v) is 12.1. The summed E-state index contributed by atoms with van der Waals surface area (Å²) < 4.78 is 11.5. The molecule has 2 rings (SSSR count). The molecule has 18 heavy (non-hydrogen) atoms. The summed E-state index contributed by atoms with van der Waals surface area (Å²) in [5.41, 5.74) is -0.583. The molecule has 2 aliphatic rings. The van der Waals surface area contributed by atoms with Crippen LogP contribution in [0.4, 0.5) is 0 Å². The molecule has 0 aromatic carbocycles. The van der Waals surface area contributed by atoms with Gasteiger partial charge in [-0.1, -0.05) is 0 Å². The van der Waals surface area contributed by atoms with E-state index >= 15 is 0 Å². The highest BCUT2D eigenvalue weighted by molar-refractivity contribution is 5.86. The van der Waals surface area contributed by atoms with Gasteiger partial charge in [-0.2, -0.15) is 0 Å². The van der Waals surface area contributed by atoms with Crippen LogP contribution in [0.5, 0.6) is 0 Å². The number of likely N-dealkylation sites (N-methyl/N-ethyl adjacent to an activating group) is 1. The van der Waals surface area contributed by atoms with Crippen LogP contribution in [-0.4, -0.2) is 43.3 Å². The highest BCUT2D eigenvalue weighted by Gasteiger charge is 2.51. The molecule has 0 radical (unpaired) electrons. The molecule has 104 valence electrons. The number of ether oxygens (including phenoxy) is 2. The summed E-state index contributed by atoms with van der Waals surface area (Å²) in [7, 11) is 1.89. The third kappa shape index (κ3) is 2.46. The summed E-state index contributed by atoms with van der Waals surface area (Å²) in [4.78, 5) is 12.7. The fraction of sp³-hybridized carbons (Fsp3) is 0.929. The predicted octanol–water partition coefficient (Wildman–Crippen LogP) is 1.38. The molecule has 2 aliphatic heterocycles. The number of hydrogen-bond acceptors (Lipinski definition) is 4. The molecule has 3 unspecified atom stereocenters. The summed E-state index contributed by atoms with van der Waals surface area (Å²) in [5, 5.41) is 3.18. The Bertz CT molecular complexity index is 338. The Hall–Kier alpha value is -0.450. The third-order valence-electron chi connectivity index (χ3n) is 4.23. The monoisotopic (exact) mass is 255 g/mol. The van der Waals surface area contributed by atoms with Crippen molar-refractivity contribution in [3.8, 4) is 0 Å². The largest absolute Gasteiger partial charge is 0.379 e. The van der Waals surface area contributed by atoms with Gasteiger partial charge in [-0.25, -0.2) is 0 Å². The van der Waals surface area contributed by atoms with Gasteiger partial charge >= 0.3 is 0 Å². The number of carbonyl (C=O) groups is 1. The van der Waals surface area contributed by atoms with Gasteiger partial charge in [0.1, 0.15) is 5.78 Å². The van der Waals surface area contributed by atoms with Gasteiger partial charge in [0.2, 0.25) is 0 Å². The third-order valence-corrected chi connectivity index (χ3v) is 4.23. The smallest absolute Gasteiger partial charge is 0.145 e. The van der Waals surface area contributed by atoms with Crippen molar-refractivity contribution in [1.29, 1.82) is 0 Å².